The number of nitrogens with one attached hydrogen (secondary N) is 1. The lowest BCUT2D eigenvalue weighted by Gasteiger charge is -2.24. The fourth-order valence-corrected chi connectivity index (χ4v) is 3.24. The van der Waals surface area contributed by atoms with Gasteiger partial charge in [-0.1, -0.05) is 30.3 Å². The Balaban J connectivity index is 1.95. The molecule has 40 heavy (non-hydrogen) atoms. The SMILES string of the molecule is O=C(O[C@@H](C(=O)O)[C@@H](OC(=O)c1cccc(C(F)(F)F)c1)C(=O)Nc1ccccc1)c1cccc(C(F)(F)F)c1. The van der Waals surface area contributed by atoms with Crippen molar-refractivity contribution in [1.82, 2.24) is 0 Å². The average molecular weight is 569 g/mol. The van der Waals surface area contributed by atoms with Crippen LogP contribution in [0.3, 0.4) is 0 Å². The normalized spacial score (nSPS) is 13.1. The van der Waals surface area contributed by atoms with Gasteiger partial charge in [-0.05, 0) is 48.5 Å². The zero-order valence-electron chi connectivity index (χ0n) is 19.8. The molecule has 0 aromatic heterocycles. The van der Waals surface area contributed by atoms with Gasteiger partial charge >= 0.3 is 30.3 Å². The molecule has 3 rings (SSSR count). The Kier molecular flexibility index (Phi) is 8.82. The summed E-state index contributed by atoms with van der Waals surface area (Å²) in [6.45, 7) is 0. The molecule has 0 saturated heterocycles. The molecule has 0 aliphatic heterocycles. The number of benzene rings is 3. The highest BCUT2D eigenvalue weighted by Gasteiger charge is 2.42. The minimum Gasteiger partial charge on any atom is -0.478 e. The molecule has 0 saturated carbocycles. The summed E-state index contributed by atoms with van der Waals surface area (Å²) in [6, 6.07) is 12.8. The van der Waals surface area contributed by atoms with E-state index in [-0.39, 0.29) is 5.69 Å². The number of alkyl halides is 6. The summed E-state index contributed by atoms with van der Waals surface area (Å²) in [7, 11) is 0. The molecule has 0 spiro atoms. The van der Waals surface area contributed by atoms with E-state index in [0.29, 0.717) is 24.3 Å². The number of anilines is 1. The van der Waals surface area contributed by atoms with Crippen LogP contribution in [0, 0.1) is 0 Å². The third-order valence-electron chi connectivity index (χ3n) is 5.14. The molecule has 2 atom stereocenters. The van der Waals surface area contributed by atoms with Crippen LogP contribution in [0.25, 0.3) is 0 Å². The molecule has 2 N–H and O–H groups in total. The first kappa shape index (κ1) is 29.7. The number of hydrogen-bond donors (Lipinski definition) is 2. The third-order valence-corrected chi connectivity index (χ3v) is 5.14. The van der Waals surface area contributed by atoms with Crippen LogP contribution in [0.15, 0.2) is 78.9 Å². The predicted molar refractivity (Wildman–Crippen MR) is 124 cm³/mol. The Morgan fingerprint density at radius 1 is 0.650 bits per heavy atom. The summed E-state index contributed by atoms with van der Waals surface area (Å²) in [6.07, 6.45) is -14.8. The lowest BCUT2D eigenvalue weighted by atomic mass is 10.1. The maximum atomic E-state index is 13.1. The Hall–Kier alpha value is -4.88. The van der Waals surface area contributed by atoms with Gasteiger partial charge in [-0.3, -0.25) is 4.79 Å². The van der Waals surface area contributed by atoms with Gasteiger partial charge in [0.05, 0.1) is 22.3 Å². The number of hydrogen-bond acceptors (Lipinski definition) is 6. The maximum Gasteiger partial charge on any atom is 0.416 e. The fourth-order valence-electron chi connectivity index (χ4n) is 3.24. The van der Waals surface area contributed by atoms with Crippen molar-refractivity contribution in [3.05, 3.63) is 101 Å². The number of carboxylic acid groups (broad SMARTS) is 1. The minimum atomic E-state index is -4.86. The van der Waals surface area contributed by atoms with Crippen molar-refractivity contribution in [3.63, 3.8) is 0 Å². The number of esters is 2. The molecule has 8 nitrogen and oxygen atoms in total. The van der Waals surface area contributed by atoms with Gasteiger partial charge in [0.2, 0.25) is 12.2 Å². The van der Waals surface area contributed by atoms with E-state index < -0.39 is 70.6 Å². The second-order valence-electron chi connectivity index (χ2n) is 8.00. The number of carboxylic acids is 1. The van der Waals surface area contributed by atoms with Crippen molar-refractivity contribution in [2.24, 2.45) is 0 Å². The summed E-state index contributed by atoms with van der Waals surface area (Å²) in [5.41, 5.74) is -3.91. The third kappa shape index (κ3) is 7.58. The molecule has 14 heteroatoms. The van der Waals surface area contributed by atoms with Gasteiger partial charge in [-0.25, -0.2) is 14.4 Å². The highest BCUT2D eigenvalue weighted by molar-refractivity contribution is 6.01. The van der Waals surface area contributed by atoms with Crippen LogP contribution in [-0.2, 0) is 31.4 Å². The van der Waals surface area contributed by atoms with Crippen molar-refractivity contribution in [2.75, 3.05) is 5.32 Å². The van der Waals surface area contributed by atoms with Gasteiger partial charge in [-0.2, -0.15) is 26.3 Å². The number of rotatable bonds is 8. The molecule has 0 radical (unpaired) electrons. The standard InChI is InChI=1S/C26H17F6NO7/c27-25(28,29)16-8-4-6-14(12-16)23(37)39-19(21(34)33-18-10-2-1-3-11-18)20(22(35)36)40-24(38)15-7-5-9-17(13-15)26(30,31)32/h1-13,19-20H,(H,33,34)(H,35,36)/t19-,20-/m1/s1. The number of halogens is 6. The van der Waals surface area contributed by atoms with Crippen LogP contribution in [0.5, 0.6) is 0 Å². The molecular formula is C26H17F6NO7. The molecule has 210 valence electrons. The molecule has 0 unspecified atom stereocenters. The molecule has 0 fully saturated rings. The largest absolute Gasteiger partial charge is 0.478 e. The van der Waals surface area contributed by atoms with Crippen molar-refractivity contribution in [2.45, 2.75) is 24.6 Å². The van der Waals surface area contributed by atoms with Crippen LogP contribution >= 0.6 is 0 Å². The molecule has 3 aromatic carbocycles. The van der Waals surface area contributed by atoms with Gasteiger partial charge in [0.25, 0.3) is 5.91 Å². The van der Waals surface area contributed by atoms with Gasteiger partial charge in [0, 0.05) is 5.69 Å². The lowest BCUT2D eigenvalue weighted by Crippen LogP contribution is -2.48. The first-order valence-corrected chi connectivity index (χ1v) is 11.0. The van der Waals surface area contributed by atoms with Crippen molar-refractivity contribution < 1.29 is 60.1 Å². The van der Waals surface area contributed by atoms with E-state index in [0.717, 1.165) is 24.3 Å². The molecule has 0 aliphatic carbocycles. The monoisotopic (exact) mass is 569 g/mol. The zero-order valence-corrected chi connectivity index (χ0v) is 19.8. The lowest BCUT2D eigenvalue weighted by molar-refractivity contribution is -0.157. The Morgan fingerprint density at radius 2 is 1.10 bits per heavy atom. The second kappa shape index (κ2) is 11.9. The van der Waals surface area contributed by atoms with Crippen LogP contribution < -0.4 is 5.32 Å². The number of carbonyl (C=O) groups excluding carboxylic acids is 3. The summed E-state index contributed by atoms with van der Waals surface area (Å²) in [5.74, 6) is -6.62. The first-order chi connectivity index (χ1) is 18.7. The van der Waals surface area contributed by atoms with Crippen molar-refractivity contribution in [1.29, 1.82) is 0 Å². The first-order valence-electron chi connectivity index (χ1n) is 11.0. The van der Waals surface area contributed by atoms with E-state index in [9.17, 15) is 50.6 Å². The van der Waals surface area contributed by atoms with Crippen molar-refractivity contribution >= 4 is 29.5 Å². The molecule has 0 bridgehead atoms. The Bertz CT molecular complexity index is 1410. The van der Waals surface area contributed by atoms with Gasteiger partial charge in [0.15, 0.2) is 0 Å². The van der Waals surface area contributed by atoms with E-state index in [2.05, 4.69) is 5.32 Å². The topological polar surface area (TPSA) is 119 Å². The number of ether oxygens (including phenoxy) is 2. The highest BCUT2D eigenvalue weighted by Crippen LogP contribution is 2.31. The summed E-state index contributed by atoms with van der Waals surface area (Å²) < 4.78 is 88.1. The van der Waals surface area contributed by atoms with Gasteiger partial charge < -0.3 is 19.9 Å². The predicted octanol–water partition coefficient (Wildman–Crippen LogP) is 5.20. The van der Waals surface area contributed by atoms with E-state index in [1.54, 1.807) is 6.07 Å². The molecule has 0 aliphatic rings. The molecule has 3 aromatic rings. The Morgan fingerprint density at radius 3 is 1.52 bits per heavy atom. The van der Waals surface area contributed by atoms with E-state index in [4.69, 9.17) is 9.47 Å². The fraction of sp³-hybridized carbons (Fsp3) is 0.154. The van der Waals surface area contributed by atoms with Gasteiger partial charge in [0.1, 0.15) is 0 Å². The van der Waals surface area contributed by atoms with Crippen molar-refractivity contribution in [3.8, 4) is 0 Å². The minimum absolute atomic E-state index is 0.0703. The number of para-hydroxylation sites is 1. The summed E-state index contributed by atoms with van der Waals surface area (Å²) >= 11 is 0. The molecule has 0 heterocycles. The smallest absolute Gasteiger partial charge is 0.416 e. The molecular weight excluding hydrogens is 552 g/mol. The second-order valence-corrected chi connectivity index (χ2v) is 8.00. The number of amides is 1. The van der Waals surface area contributed by atoms with Crippen LogP contribution in [-0.4, -0.2) is 41.1 Å². The van der Waals surface area contributed by atoms with E-state index >= 15 is 0 Å². The quantitative estimate of drug-likeness (QED) is 0.283. The summed E-state index contributed by atoms with van der Waals surface area (Å²) in [4.78, 5) is 50.3. The molecule has 1 amide bonds. The maximum absolute atomic E-state index is 13.1. The van der Waals surface area contributed by atoms with Crippen LogP contribution in [0.4, 0.5) is 32.0 Å². The van der Waals surface area contributed by atoms with E-state index in [1.807, 2.05) is 0 Å². The number of aliphatic carboxylic acids is 1. The zero-order chi connectivity index (χ0) is 29.7. The van der Waals surface area contributed by atoms with E-state index in [1.165, 1.54) is 24.3 Å². The average Bonchev–Trinajstić information content (AvgIpc) is 2.90. The highest BCUT2D eigenvalue weighted by atomic mass is 19.4. The van der Waals surface area contributed by atoms with Crippen LogP contribution in [0.2, 0.25) is 0 Å². The summed E-state index contributed by atoms with van der Waals surface area (Å²) in [5, 5.41) is 11.9. The van der Waals surface area contributed by atoms with Crippen LogP contribution in [0.1, 0.15) is 31.8 Å². The Labute approximate surface area is 221 Å². The number of carbonyl (C=O) groups is 4. The van der Waals surface area contributed by atoms with Gasteiger partial charge in [-0.15, -0.1) is 0 Å².